The first-order chi connectivity index (χ1) is 18.4. The zero-order chi connectivity index (χ0) is 28.0. The van der Waals surface area contributed by atoms with E-state index in [-0.39, 0.29) is 49.1 Å². The average Bonchev–Trinajstić information content (AvgIpc) is 3.80. The lowest BCUT2D eigenvalue weighted by Crippen LogP contribution is -2.48. The van der Waals surface area contributed by atoms with Crippen molar-refractivity contribution in [2.24, 2.45) is 5.41 Å². The summed E-state index contributed by atoms with van der Waals surface area (Å²) in [6.07, 6.45) is -1.62. The van der Waals surface area contributed by atoms with Gasteiger partial charge in [0.1, 0.15) is 17.7 Å². The van der Waals surface area contributed by atoms with Gasteiger partial charge in [-0.2, -0.15) is 22.5 Å². The molecule has 13 heteroatoms. The third-order valence-corrected chi connectivity index (χ3v) is 9.77. The first-order valence-electron chi connectivity index (χ1n) is 13.0. The van der Waals surface area contributed by atoms with Crippen molar-refractivity contribution >= 4 is 15.9 Å². The van der Waals surface area contributed by atoms with E-state index in [0.717, 1.165) is 29.3 Å². The maximum atomic E-state index is 13.3. The number of hydrogen-bond donors (Lipinski definition) is 1. The lowest BCUT2D eigenvalue weighted by atomic mass is 10.0. The van der Waals surface area contributed by atoms with Crippen molar-refractivity contribution in [2.75, 3.05) is 6.61 Å². The third-order valence-electron chi connectivity index (χ3n) is 7.74. The molecule has 1 aliphatic heterocycles. The molecule has 0 unspecified atom stereocenters. The van der Waals surface area contributed by atoms with E-state index >= 15 is 0 Å². The zero-order valence-electron chi connectivity index (χ0n) is 21.4. The molecule has 39 heavy (non-hydrogen) atoms. The number of amides is 1. The number of ether oxygens (including phenoxy) is 1. The summed E-state index contributed by atoms with van der Waals surface area (Å²) in [5, 5.41) is 2.75. The van der Waals surface area contributed by atoms with Crippen LogP contribution in [0.2, 0.25) is 0 Å². The number of rotatable bonds is 10. The lowest BCUT2D eigenvalue weighted by Gasteiger charge is -2.27. The Morgan fingerprint density at radius 1 is 1.13 bits per heavy atom. The second-order valence-electron chi connectivity index (χ2n) is 10.7. The quantitative estimate of drug-likeness (QED) is 0.424. The minimum absolute atomic E-state index is 0.0285. The number of nitrogens with zero attached hydrogens (tertiary/aromatic N) is 3. The Labute approximate surface area is 224 Å². The van der Waals surface area contributed by atoms with E-state index in [9.17, 15) is 30.8 Å². The Balaban J connectivity index is 1.25. The number of carbonyl (C=O) groups is 1. The Morgan fingerprint density at radius 3 is 2.44 bits per heavy atom. The van der Waals surface area contributed by atoms with Gasteiger partial charge in [0.15, 0.2) is 0 Å². The first kappa shape index (κ1) is 27.8. The Morgan fingerprint density at radius 2 is 1.82 bits per heavy atom. The molecule has 0 radical (unpaired) electrons. The Hall–Kier alpha value is -2.80. The number of hydrogen-bond acceptors (Lipinski definition) is 6. The fraction of sp³-hybridized carbons (Fsp3) is 0.577. The first-order valence-corrected chi connectivity index (χ1v) is 14.5. The second kappa shape index (κ2) is 10.3. The predicted molar refractivity (Wildman–Crippen MR) is 132 cm³/mol. The van der Waals surface area contributed by atoms with E-state index in [0.29, 0.717) is 24.4 Å². The Kier molecular flexibility index (Phi) is 7.34. The van der Waals surface area contributed by atoms with Crippen molar-refractivity contribution in [3.8, 4) is 5.88 Å². The topological polar surface area (TPSA) is 101 Å². The third kappa shape index (κ3) is 5.88. The van der Waals surface area contributed by atoms with Crippen LogP contribution in [0.5, 0.6) is 5.88 Å². The monoisotopic (exact) mass is 570 g/mol. The van der Waals surface area contributed by atoms with Gasteiger partial charge in [0.2, 0.25) is 21.8 Å². The van der Waals surface area contributed by atoms with Crippen LogP contribution in [0, 0.1) is 11.2 Å². The van der Waals surface area contributed by atoms with E-state index in [1.165, 1.54) is 18.2 Å². The maximum Gasteiger partial charge on any atom is 0.394 e. The summed E-state index contributed by atoms with van der Waals surface area (Å²) in [6.45, 7) is 1.55. The second-order valence-corrected chi connectivity index (χ2v) is 12.5. The maximum absolute atomic E-state index is 13.3. The van der Waals surface area contributed by atoms with E-state index in [4.69, 9.17) is 4.74 Å². The molecular formula is C26H30F4N4O4S. The standard InChI is InChI=1S/C26H30F4N4O4S/c1-16-2-9-21(34(16)39(36,37)20-7-5-18(27)6-8-20)24(35)31-15-19-14-22(33-23(32-19)17-3-4-17)38-13-12-25(10-11-25)26(28,29)30/h5-8,14,16-17,21H,2-4,9-13,15H2,1H3,(H,31,35)/t16-,21-/m0/s1. The molecular weight excluding hydrogens is 540 g/mol. The molecule has 1 aromatic heterocycles. The van der Waals surface area contributed by atoms with Gasteiger partial charge in [0, 0.05) is 18.0 Å². The van der Waals surface area contributed by atoms with Gasteiger partial charge in [0.25, 0.3) is 0 Å². The number of halogens is 4. The minimum atomic E-state index is -4.26. The predicted octanol–water partition coefficient (Wildman–Crippen LogP) is 4.46. The molecule has 1 aromatic carbocycles. The minimum Gasteiger partial charge on any atom is -0.478 e. The molecule has 3 fully saturated rings. The number of nitrogens with one attached hydrogen (secondary N) is 1. The van der Waals surface area contributed by atoms with Crippen LogP contribution >= 0.6 is 0 Å². The lowest BCUT2D eigenvalue weighted by molar-refractivity contribution is -0.190. The highest BCUT2D eigenvalue weighted by molar-refractivity contribution is 7.89. The van der Waals surface area contributed by atoms with E-state index in [1.54, 1.807) is 6.92 Å². The van der Waals surface area contributed by atoms with Gasteiger partial charge in [-0.3, -0.25) is 4.79 Å². The summed E-state index contributed by atoms with van der Waals surface area (Å²) in [5.74, 6) is -0.253. The smallest absolute Gasteiger partial charge is 0.394 e. The molecule has 1 N–H and O–H groups in total. The summed E-state index contributed by atoms with van der Waals surface area (Å²) >= 11 is 0. The summed E-state index contributed by atoms with van der Waals surface area (Å²) in [7, 11) is -4.05. The van der Waals surface area contributed by atoms with Gasteiger partial charge in [-0.05, 0) is 76.1 Å². The normalized spacial score (nSPS) is 23.0. The van der Waals surface area contributed by atoms with Crippen LogP contribution < -0.4 is 10.1 Å². The van der Waals surface area contributed by atoms with E-state index < -0.39 is 45.4 Å². The Bertz CT molecular complexity index is 1330. The van der Waals surface area contributed by atoms with Crippen LogP contribution in [-0.2, 0) is 21.4 Å². The van der Waals surface area contributed by atoms with Crippen LogP contribution in [0.3, 0.4) is 0 Å². The molecule has 8 nitrogen and oxygen atoms in total. The van der Waals surface area contributed by atoms with Crippen molar-refractivity contribution in [3.05, 3.63) is 47.7 Å². The average molecular weight is 571 g/mol. The highest BCUT2D eigenvalue weighted by Crippen LogP contribution is 2.59. The van der Waals surface area contributed by atoms with Crippen LogP contribution in [0.25, 0.3) is 0 Å². The molecule has 2 aliphatic carbocycles. The van der Waals surface area contributed by atoms with Crippen LogP contribution in [0.15, 0.2) is 35.2 Å². The molecule has 2 atom stereocenters. The fourth-order valence-electron chi connectivity index (χ4n) is 4.99. The van der Waals surface area contributed by atoms with Crippen LogP contribution in [0.4, 0.5) is 17.6 Å². The van der Waals surface area contributed by atoms with E-state index in [1.807, 2.05) is 0 Å². The molecule has 2 saturated carbocycles. The van der Waals surface area contributed by atoms with Crippen molar-refractivity contribution < 1.29 is 35.5 Å². The van der Waals surface area contributed by atoms with Gasteiger partial charge < -0.3 is 10.1 Å². The van der Waals surface area contributed by atoms with Gasteiger partial charge in [-0.15, -0.1) is 0 Å². The van der Waals surface area contributed by atoms with Crippen molar-refractivity contribution in [2.45, 2.75) is 87.5 Å². The van der Waals surface area contributed by atoms with Crippen molar-refractivity contribution in [1.82, 2.24) is 19.6 Å². The molecule has 0 spiro atoms. The van der Waals surface area contributed by atoms with E-state index in [2.05, 4.69) is 15.3 Å². The number of aromatic nitrogens is 2. The number of sulfonamides is 1. The summed E-state index contributed by atoms with van der Waals surface area (Å²) in [4.78, 5) is 21.9. The van der Waals surface area contributed by atoms with Gasteiger partial charge in [-0.25, -0.2) is 17.8 Å². The summed E-state index contributed by atoms with van der Waals surface area (Å²) < 4.78 is 86.3. The SMILES string of the molecule is C[C@H]1CC[C@@H](C(=O)NCc2cc(OCCC3(C(F)(F)F)CC3)nc(C3CC3)n2)N1S(=O)(=O)c1ccc(F)cc1. The van der Waals surface area contributed by atoms with Gasteiger partial charge in [0.05, 0.1) is 29.2 Å². The molecule has 1 amide bonds. The zero-order valence-corrected chi connectivity index (χ0v) is 22.2. The number of benzene rings is 1. The molecule has 5 rings (SSSR count). The van der Waals surface area contributed by atoms with Crippen LogP contribution in [0.1, 0.15) is 69.3 Å². The molecule has 212 valence electrons. The van der Waals surface area contributed by atoms with Gasteiger partial charge >= 0.3 is 6.18 Å². The van der Waals surface area contributed by atoms with Crippen LogP contribution in [-0.4, -0.2) is 53.5 Å². The van der Waals surface area contributed by atoms with Gasteiger partial charge in [-0.1, -0.05) is 0 Å². The van der Waals surface area contributed by atoms with Crippen molar-refractivity contribution in [3.63, 3.8) is 0 Å². The highest BCUT2D eigenvalue weighted by Gasteiger charge is 2.62. The molecule has 3 aliphatic rings. The molecule has 2 heterocycles. The number of carbonyl (C=O) groups excluding carboxylic acids is 1. The fourth-order valence-corrected chi connectivity index (χ4v) is 6.83. The summed E-state index contributed by atoms with van der Waals surface area (Å²) in [5.41, 5.74) is -1.25. The highest BCUT2D eigenvalue weighted by atomic mass is 32.2. The number of alkyl halides is 3. The van der Waals surface area contributed by atoms with Crippen molar-refractivity contribution in [1.29, 1.82) is 0 Å². The summed E-state index contributed by atoms with van der Waals surface area (Å²) in [6, 6.07) is 4.57. The largest absolute Gasteiger partial charge is 0.478 e. The molecule has 1 saturated heterocycles. The molecule has 0 bridgehead atoms. The molecule has 2 aromatic rings.